The molecule has 16 heavy (non-hydrogen) atoms. The summed E-state index contributed by atoms with van der Waals surface area (Å²) in [7, 11) is 0. The first-order valence-corrected chi connectivity index (χ1v) is 4.67. The van der Waals surface area contributed by atoms with Gasteiger partial charge in [0.25, 0.3) is 0 Å². The van der Waals surface area contributed by atoms with Crippen molar-refractivity contribution in [1.82, 2.24) is 15.1 Å². The van der Waals surface area contributed by atoms with Crippen LogP contribution in [0.3, 0.4) is 0 Å². The summed E-state index contributed by atoms with van der Waals surface area (Å²) in [5.74, 6) is -0.636. The van der Waals surface area contributed by atoms with Gasteiger partial charge < -0.3 is 9.63 Å². The molecule has 82 valence electrons. The number of aromatic nitrogens is 3. The molecular formula is C9H6ClN3O3. The summed E-state index contributed by atoms with van der Waals surface area (Å²) < 4.78 is 4.64. The Morgan fingerprint density at radius 1 is 1.50 bits per heavy atom. The van der Waals surface area contributed by atoms with Gasteiger partial charge in [-0.3, -0.25) is 4.79 Å². The fraction of sp³-hybridized carbons (Fsp3) is 0.111. The average Bonchev–Trinajstić information content (AvgIpc) is 2.73. The van der Waals surface area contributed by atoms with Gasteiger partial charge in [-0.25, -0.2) is 9.97 Å². The van der Waals surface area contributed by atoms with E-state index in [2.05, 4.69) is 19.6 Å². The third-order valence-electron chi connectivity index (χ3n) is 1.84. The predicted octanol–water partition coefficient (Wildman–Crippen LogP) is 1.41. The maximum Gasteiger partial charge on any atom is 0.307 e. The van der Waals surface area contributed by atoms with Crippen LogP contribution in [0.2, 0.25) is 5.15 Å². The van der Waals surface area contributed by atoms with Crippen LogP contribution in [-0.4, -0.2) is 26.2 Å². The summed E-state index contributed by atoms with van der Waals surface area (Å²) in [6, 6.07) is 0. The summed E-state index contributed by atoms with van der Waals surface area (Å²) in [6.07, 6.45) is 4.00. The number of carboxylic acids is 1. The highest BCUT2D eigenvalue weighted by molar-refractivity contribution is 6.30. The van der Waals surface area contributed by atoms with E-state index in [1.54, 1.807) is 0 Å². The van der Waals surface area contributed by atoms with Gasteiger partial charge in [-0.2, -0.15) is 0 Å². The molecule has 0 aromatic carbocycles. The molecule has 7 heteroatoms. The average molecular weight is 240 g/mol. The minimum absolute atomic E-state index is 0.119. The van der Waals surface area contributed by atoms with E-state index in [0.717, 1.165) is 0 Å². The molecule has 2 aromatic heterocycles. The van der Waals surface area contributed by atoms with Gasteiger partial charge in [-0.15, -0.1) is 0 Å². The number of carboxylic acid groups (broad SMARTS) is 1. The number of carbonyl (C=O) groups is 1. The molecule has 0 amide bonds. The number of rotatable bonds is 3. The van der Waals surface area contributed by atoms with Crippen molar-refractivity contribution in [3.63, 3.8) is 0 Å². The monoisotopic (exact) mass is 239 g/mol. The van der Waals surface area contributed by atoms with Gasteiger partial charge in [0.1, 0.15) is 11.4 Å². The minimum Gasteiger partial charge on any atom is -0.481 e. The van der Waals surface area contributed by atoms with Crippen LogP contribution in [0, 0.1) is 0 Å². The van der Waals surface area contributed by atoms with Gasteiger partial charge in [0.05, 0.1) is 18.2 Å². The van der Waals surface area contributed by atoms with E-state index in [9.17, 15) is 4.79 Å². The maximum atomic E-state index is 10.5. The molecule has 0 fully saturated rings. The molecule has 0 radical (unpaired) electrons. The Hall–Kier alpha value is -1.95. The van der Waals surface area contributed by atoms with Crippen molar-refractivity contribution in [2.75, 3.05) is 0 Å². The molecule has 0 aliphatic heterocycles. The van der Waals surface area contributed by atoms with Gasteiger partial charge in [-0.1, -0.05) is 16.8 Å². The van der Waals surface area contributed by atoms with Crippen LogP contribution in [0.1, 0.15) is 5.56 Å². The topological polar surface area (TPSA) is 89.1 Å². The number of nitrogens with zero attached hydrogens (tertiary/aromatic N) is 3. The predicted molar refractivity (Wildman–Crippen MR) is 53.9 cm³/mol. The highest BCUT2D eigenvalue weighted by Crippen LogP contribution is 2.19. The van der Waals surface area contributed by atoms with Crippen molar-refractivity contribution in [2.24, 2.45) is 0 Å². The smallest absolute Gasteiger partial charge is 0.307 e. The first-order valence-electron chi connectivity index (χ1n) is 4.30. The molecule has 2 heterocycles. The lowest BCUT2D eigenvalue weighted by Gasteiger charge is -2.01. The quantitative estimate of drug-likeness (QED) is 0.815. The van der Waals surface area contributed by atoms with E-state index in [-0.39, 0.29) is 11.6 Å². The molecule has 0 aliphatic carbocycles. The summed E-state index contributed by atoms with van der Waals surface area (Å²) in [4.78, 5) is 18.4. The van der Waals surface area contributed by atoms with Crippen LogP contribution in [0.15, 0.2) is 23.2 Å². The van der Waals surface area contributed by atoms with Crippen molar-refractivity contribution in [3.8, 4) is 11.4 Å². The second-order valence-corrected chi connectivity index (χ2v) is 3.35. The molecule has 0 bridgehead atoms. The Morgan fingerprint density at radius 2 is 2.31 bits per heavy atom. The zero-order valence-corrected chi connectivity index (χ0v) is 8.68. The third-order valence-corrected chi connectivity index (χ3v) is 2.17. The molecule has 0 unspecified atom stereocenters. The van der Waals surface area contributed by atoms with Crippen LogP contribution in [0.5, 0.6) is 0 Å². The van der Waals surface area contributed by atoms with E-state index >= 15 is 0 Å². The molecule has 6 nitrogen and oxygen atoms in total. The summed E-state index contributed by atoms with van der Waals surface area (Å²) >= 11 is 5.82. The van der Waals surface area contributed by atoms with Gasteiger partial charge in [-0.05, 0) is 0 Å². The Kier molecular flexibility index (Phi) is 2.82. The van der Waals surface area contributed by atoms with E-state index in [4.69, 9.17) is 16.7 Å². The largest absolute Gasteiger partial charge is 0.481 e. The highest BCUT2D eigenvalue weighted by Gasteiger charge is 2.10. The van der Waals surface area contributed by atoms with Crippen molar-refractivity contribution in [3.05, 3.63) is 29.4 Å². The number of aliphatic carboxylic acids is 1. The summed E-state index contributed by atoms with van der Waals surface area (Å²) in [5, 5.41) is 12.2. The van der Waals surface area contributed by atoms with Crippen LogP contribution < -0.4 is 0 Å². The second kappa shape index (κ2) is 4.28. The first kappa shape index (κ1) is 10.6. The number of hydrogen-bond donors (Lipinski definition) is 1. The first-order chi connectivity index (χ1) is 7.66. The molecule has 0 atom stereocenters. The van der Waals surface area contributed by atoms with Crippen molar-refractivity contribution >= 4 is 17.6 Å². The van der Waals surface area contributed by atoms with Crippen LogP contribution in [0.25, 0.3) is 11.4 Å². The molecule has 0 aliphatic rings. The van der Waals surface area contributed by atoms with Crippen molar-refractivity contribution in [1.29, 1.82) is 0 Å². The second-order valence-electron chi connectivity index (χ2n) is 2.99. The normalized spacial score (nSPS) is 10.3. The molecule has 0 spiro atoms. The Morgan fingerprint density at radius 3 is 2.88 bits per heavy atom. The Bertz CT molecular complexity index is 513. The van der Waals surface area contributed by atoms with E-state index in [0.29, 0.717) is 17.0 Å². The molecular weight excluding hydrogens is 234 g/mol. The molecule has 1 N–H and O–H groups in total. The standard InChI is InChI=1S/C9H6ClN3O3/c10-8-5(1-7(14)15)2-11-9(13-8)6-3-12-16-4-6/h2-4H,1H2,(H,14,15). The van der Waals surface area contributed by atoms with E-state index in [1.165, 1.54) is 18.7 Å². The molecule has 0 saturated carbocycles. The lowest BCUT2D eigenvalue weighted by molar-refractivity contribution is -0.136. The van der Waals surface area contributed by atoms with Crippen molar-refractivity contribution in [2.45, 2.75) is 6.42 Å². The Balaban J connectivity index is 2.33. The fourth-order valence-corrected chi connectivity index (χ4v) is 1.32. The minimum atomic E-state index is -0.983. The highest BCUT2D eigenvalue weighted by atomic mass is 35.5. The van der Waals surface area contributed by atoms with Gasteiger partial charge in [0.2, 0.25) is 0 Å². The van der Waals surface area contributed by atoms with Gasteiger partial charge in [0, 0.05) is 11.8 Å². The number of hydrogen-bond acceptors (Lipinski definition) is 5. The van der Waals surface area contributed by atoms with E-state index < -0.39 is 5.97 Å². The SMILES string of the molecule is O=C(O)Cc1cnc(-c2cnoc2)nc1Cl. The van der Waals surface area contributed by atoms with Gasteiger partial charge in [0.15, 0.2) is 5.82 Å². The Labute approximate surface area is 94.9 Å². The van der Waals surface area contributed by atoms with Crippen LogP contribution in [-0.2, 0) is 11.2 Å². The molecule has 2 rings (SSSR count). The third kappa shape index (κ3) is 2.17. The summed E-state index contributed by atoms with van der Waals surface area (Å²) in [6.45, 7) is 0. The zero-order valence-electron chi connectivity index (χ0n) is 7.92. The lowest BCUT2D eigenvalue weighted by Crippen LogP contribution is -2.03. The maximum absolute atomic E-state index is 10.5. The fourth-order valence-electron chi connectivity index (χ4n) is 1.12. The molecule has 2 aromatic rings. The lowest BCUT2D eigenvalue weighted by atomic mass is 10.2. The zero-order chi connectivity index (χ0) is 11.5. The van der Waals surface area contributed by atoms with E-state index in [1.807, 2.05) is 0 Å². The van der Waals surface area contributed by atoms with Crippen LogP contribution in [0.4, 0.5) is 0 Å². The van der Waals surface area contributed by atoms with Crippen LogP contribution >= 0.6 is 11.6 Å². The molecule has 0 saturated heterocycles. The summed E-state index contributed by atoms with van der Waals surface area (Å²) in [5.41, 5.74) is 0.957. The van der Waals surface area contributed by atoms with Crippen molar-refractivity contribution < 1.29 is 14.4 Å². The number of halogens is 1. The van der Waals surface area contributed by atoms with Gasteiger partial charge >= 0.3 is 5.97 Å².